The molecule has 30 heavy (non-hydrogen) atoms. The molecule has 0 N–H and O–H groups in total. The first kappa shape index (κ1) is 24.1. The molecule has 0 aromatic rings. The molecular formula is C28H50O2. The Hall–Kier alpha value is -0.530. The summed E-state index contributed by atoms with van der Waals surface area (Å²) < 4.78 is 6.05. The minimum atomic E-state index is 0.140. The van der Waals surface area contributed by atoms with E-state index < -0.39 is 0 Å². The van der Waals surface area contributed by atoms with E-state index in [1.165, 1.54) is 70.6 Å². The molecule has 0 saturated heterocycles. The maximum absolute atomic E-state index is 12.8. The van der Waals surface area contributed by atoms with E-state index in [1.54, 1.807) is 0 Å². The zero-order chi connectivity index (χ0) is 21.5. The monoisotopic (exact) mass is 418 g/mol. The molecule has 1 unspecified atom stereocenters. The summed E-state index contributed by atoms with van der Waals surface area (Å²) in [5.74, 6) is 5.64. The molecule has 0 heterocycles. The standard InChI is InChI=1S/C28H50O2/c1-5-22(9-6-20(2)3)23-16-18-27(19-17-23)30-28(29)26-14-12-25(13-15-26)24-10-7-21(4)8-11-24/h20-27H,5-19H2,1-4H3. The van der Waals surface area contributed by atoms with Crippen LogP contribution in [0.5, 0.6) is 0 Å². The lowest BCUT2D eigenvalue weighted by molar-refractivity contribution is -0.157. The molecule has 0 amide bonds. The first-order valence-electron chi connectivity index (χ1n) is 13.7. The maximum atomic E-state index is 12.8. The molecule has 0 radical (unpaired) electrons. The number of esters is 1. The molecule has 1 atom stereocenters. The summed E-state index contributed by atoms with van der Waals surface area (Å²) in [5.41, 5.74) is 0. The predicted octanol–water partition coefficient (Wildman–Crippen LogP) is 8.18. The van der Waals surface area contributed by atoms with Crippen LogP contribution in [0.4, 0.5) is 0 Å². The van der Waals surface area contributed by atoms with Crippen molar-refractivity contribution in [3.8, 4) is 0 Å². The fourth-order valence-corrected chi connectivity index (χ4v) is 6.84. The van der Waals surface area contributed by atoms with Gasteiger partial charge in [0.25, 0.3) is 0 Å². The Morgan fingerprint density at radius 2 is 1.37 bits per heavy atom. The highest BCUT2D eigenvalue weighted by Gasteiger charge is 2.34. The van der Waals surface area contributed by atoms with Crippen LogP contribution in [-0.2, 0) is 9.53 Å². The van der Waals surface area contributed by atoms with Gasteiger partial charge in [-0.3, -0.25) is 4.79 Å². The highest BCUT2D eigenvalue weighted by atomic mass is 16.5. The van der Waals surface area contributed by atoms with E-state index in [-0.39, 0.29) is 18.0 Å². The van der Waals surface area contributed by atoms with Gasteiger partial charge in [-0.1, -0.05) is 53.4 Å². The Kier molecular flexibility index (Phi) is 9.58. The van der Waals surface area contributed by atoms with Crippen molar-refractivity contribution in [3.63, 3.8) is 0 Å². The molecule has 0 aromatic carbocycles. The van der Waals surface area contributed by atoms with Crippen LogP contribution in [0.3, 0.4) is 0 Å². The van der Waals surface area contributed by atoms with Crippen LogP contribution in [0.2, 0.25) is 0 Å². The number of carbonyl (C=O) groups is 1. The third kappa shape index (κ3) is 6.99. The van der Waals surface area contributed by atoms with Gasteiger partial charge in [0.2, 0.25) is 0 Å². The molecule has 3 rings (SSSR count). The summed E-state index contributed by atoms with van der Waals surface area (Å²) in [4.78, 5) is 12.8. The Balaban J connectivity index is 1.35. The van der Waals surface area contributed by atoms with Gasteiger partial charge in [-0.2, -0.15) is 0 Å². The minimum Gasteiger partial charge on any atom is -0.462 e. The van der Waals surface area contributed by atoms with Crippen molar-refractivity contribution in [1.29, 1.82) is 0 Å². The van der Waals surface area contributed by atoms with Gasteiger partial charge in [0.1, 0.15) is 6.10 Å². The SMILES string of the molecule is CCC(CCC(C)C)C1CCC(OC(=O)C2CCC(C3CCC(C)CC3)CC2)CC1. The molecule has 3 fully saturated rings. The normalized spacial score (nSPS) is 36.4. The highest BCUT2D eigenvalue weighted by molar-refractivity contribution is 5.72. The lowest BCUT2D eigenvalue weighted by Gasteiger charge is -2.37. The van der Waals surface area contributed by atoms with Crippen LogP contribution in [-0.4, -0.2) is 12.1 Å². The third-order valence-electron chi connectivity index (χ3n) is 9.14. The summed E-state index contributed by atoms with van der Waals surface area (Å²) in [5, 5.41) is 0. The van der Waals surface area contributed by atoms with Crippen molar-refractivity contribution in [2.75, 3.05) is 0 Å². The summed E-state index contributed by atoms with van der Waals surface area (Å²) in [6, 6.07) is 0. The van der Waals surface area contributed by atoms with Crippen molar-refractivity contribution in [3.05, 3.63) is 0 Å². The minimum absolute atomic E-state index is 0.140. The first-order valence-corrected chi connectivity index (χ1v) is 13.7. The molecule has 2 heteroatoms. The van der Waals surface area contributed by atoms with Crippen molar-refractivity contribution in [1.82, 2.24) is 0 Å². The molecule has 0 bridgehead atoms. The average Bonchev–Trinajstić information content (AvgIpc) is 2.76. The Bertz CT molecular complexity index is 489. The Morgan fingerprint density at radius 1 is 0.800 bits per heavy atom. The first-order chi connectivity index (χ1) is 14.5. The second-order valence-electron chi connectivity index (χ2n) is 11.7. The molecule has 3 aliphatic carbocycles. The third-order valence-corrected chi connectivity index (χ3v) is 9.14. The summed E-state index contributed by atoms with van der Waals surface area (Å²) in [7, 11) is 0. The van der Waals surface area contributed by atoms with Gasteiger partial charge < -0.3 is 4.74 Å². The second-order valence-corrected chi connectivity index (χ2v) is 11.7. The van der Waals surface area contributed by atoms with Gasteiger partial charge in [-0.05, 0) is 106 Å². The highest BCUT2D eigenvalue weighted by Crippen LogP contribution is 2.42. The molecule has 0 spiro atoms. The van der Waals surface area contributed by atoms with Crippen LogP contribution >= 0.6 is 0 Å². The van der Waals surface area contributed by atoms with E-state index in [0.717, 1.165) is 61.2 Å². The topological polar surface area (TPSA) is 26.3 Å². The van der Waals surface area contributed by atoms with E-state index in [0.29, 0.717) is 0 Å². The fourth-order valence-electron chi connectivity index (χ4n) is 6.84. The fraction of sp³-hybridized carbons (Fsp3) is 0.964. The number of ether oxygens (including phenoxy) is 1. The maximum Gasteiger partial charge on any atom is 0.309 e. The van der Waals surface area contributed by atoms with Crippen LogP contribution < -0.4 is 0 Å². The summed E-state index contributed by atoms with van der Waals surface area (Å²) in [6.07, 6.45) is 19.4. The molecule has 3 aliphatic rings. The number of hydrogen-bond donors (Lipinski definition) is 0. The van der Waals surface area contributed by atoms with Gasteiger partial charge in [-0.25, -0.2) is 0 Å². The molecule has 0 aliphatic heterocycles. The van der Waals surface area contributed by atoms with Gasteiger partial charge in [0.05, 0.1) is 5.92 Å². The largest absolute Gasteiger partial charge is 0.462 e. The van der Waals surface area contributed by atoms with Gasteiger partial charge >= 0.3 is 5.97 Å². The van der Waals surface area contributed by atoms with E-state index in [4.69, 9.17) is 4.74 Å². The lowest BCUT2D eigenvalue weighted by Crippen LogP contribution is -2.32. The number of rotatable bonds is 8. The van der Waals surface area contributed by atoms with E-state index in [2.05, 4.69) is 27.7 Å². The van der Waals surface area contributed by atoms with Crippen LogP contribution in [0.1, 0.15) is 124 Å². The van der Waals surface area contributed by atoms with Crippen LogP contribution in [0.15, 0.2) is 0 Å². The smallest absolute Gasteiger partial charge is 0.309 e. The van der Waals surface area contributed by atoms with Crippen molar-refractivity contribution in [2.24, 2.45) is 41.4 Å². The van der Waals surface area contributed by atoms with Gasteiger partial charge in [-0.15, -0.1) is 0 Å². The van der Waals surface area contributed by atoms with E-state index in [1.807, 2.05) is 0 Å². The Labute approximate surface area is 187 Å². The van der Waals surface area contributed by atoms with Gasteiger partial charge in [0.15, 0.2) is 0 Å². The van der Waals surface area contributed by atoms with Gasteiger partial charge in [0, 0.05) is 0 Å². The zero-order valence-electron chi connectivity index (χ0n) is 20.5. The van der Waals surface area contributed by atoms with Crippen molar-refractivity contribution < 1.29 is 9.53 Å². The number of hydrogen-bond acceptors (Lipinski definition) is 2. The molecule has 0 aromatic heterocycles. The summed E-state index contributed by atoms with van der Waals surface area (Å²) in [6.45, 7) is 9.45. The number of carbonyl (C=O) groups excluding carboxylic acids is 1. The molecule has 2 nitrogen and oxygen atoms in total. The molecule has 174 valence electrons. The Morgan fingerprint density at radius 3 is 1.90 bits per heavy atom. The lowest BCUT2D eigenvalue weighted by atomic mass is 9.69. The second kappa shape index (κ2) is 11.9. The predicted molar refractivity (Wildman–Crippen MR) is 126 cm³/mol. The quantitative estimate of drug-likeness (QED) is 0.371. The van der Waals surface area contributed by atoms with E-state index >= 15 is 0 Å². The van der Waals surface area contributed by atoms with Crippen molar-refractivity contribution >= 4 is 5.97 Å². The van der Waals surface area contributed by atoms with Crippen LogP contribution in [0, 0.1) is 41.4 Å². The van der Waals surface area contributed by atoms with Crippen LogP contribution in [0.25, 0.3) is 0 Å². The van der Waals surface area contributed by atoms with Crippen molar-refractivity contribution in [2.45, 2.75) is 130 Å². The summed E-state index contributed by atoms with van der Waals surface area (Å²) >= 11 is 0. The van der Waals surface area contributed by atoms with E-state index in [9.17, 15) is 4.79 Å². The average molecular weight is 419 g/mol. The zero-order valence-corrected chi connectivity index (χ0v) is 20.5. The molecular weight excluding hydrogens is 368 g/mol. The molecule has 3 saturated carbocycles.